The first-order valence-corrected chi connectivity index (χ1v) is 9.35. The molecule has 152 valence electrons. The van der Waals surface area contributed by atoms with E-state index in [0.29, 0.717) is 23.4 Å². The third-order valence-electron chi connectivity index (χ3n) is 4.78. The van der Waals surface area contributed by atoms with Gasteiger partial charge in [-0.05, 0) is 29.8 Å². The molecule has 0 saturated heterocycles. The highest BCUT2D eigenvalue weighted by atomic mass is 19.1. The summed E-state index contributed by atoms with van der Waals surface area (Å²) in [7, 11) is 0. The average molecular weight is 406 g/mol. The first-order chi connectivity index (χ1) is 14.6. The largest absolute Gasteiger partial charge is 0.392 e. The van der Waals surface area contributed by atoms with Crippen LogP contribution in [-0.4, -0.2) is 25.2 Å². The molecule has 0 bridgehead atoms. The van der Waals surface area contributed by atoms with Gasteiger partial charge >= 0.3 is 0 Å². The van der Waals surface area contributed by atoms with Gasteiger partial charge in [0.1, 0.15) is 17.9 Å². The second kappa shape index (κ2) is 8.30. The fraction of sp³-hybridized carbons (Fsp3) is 0.136. The lowest BCUT2D eigenvalue weighted by Gasteiger charge is -2.08. The zero-order valence-electron chi connectivity index (χ0n) is 16.0. The maximum absolute atomic E-state index is 13.2. The zero-order valence-corrected chi connectivity index (χ0v) is 16.0. The van der Waals surface area contributed by atoms with E-state index >= 15 is 0 Å². The molecule has 2 aromatic carbocycles. The van der Waals surface area contributed by atoms with Gasteiger partial charge in [-0.15, -0.1) is 0 Å². The molecule has 4 aromatic rings. The predicted octanol–water partition coefficient (Wildman–Crippen LogP) is 2.11. The molecular formula is C22H19FN4O3. The maximum Gasteiger partial charge on any atom is 0.277 e. The van der Waals surface area contributed by atoms with Gasteiger partial charge in [-0.3, -0.25) is 9.59 Å². The second-order valence-electron chi connectivity index (χ2n) is 6.78. The highest BCUT2D eigenvalue weighted by Crippen LogP contribution is 2.25. The van der Waals surface area contributed by atoms with E-state index in [9.17, 15) is 19.1 Å². The molecule has 0 aliphatic rings. The Balaban J connectivity index is 1.62. The van der Waals surface area contributed by atoms with Crippen molar-refractivity contribution in [3.63, 3.8) is 0 Å². The smallest absolute Gasteiger partial charge is 0.277 e. The number of hydrogen-bond acceptors (Lipinski definition) is 4. The summed E-state index contributed by atoms with van der Waals surface area (Å²) < 4.78 is 15.9. The van der Waals surface area contributed by atoms with Crippen molar-refractivity contribution in [3.8, 4) is 11.3 Å². The van der Waals surface area contributed by atoms with Crippen LogP contribution in [0.4, 0.5) is 4.39 Å². The van der Waals surface area contributed by atoms with Crippen LogP contribution in [-0.2, 0) is 24.5 Å². The quantitative estimate of drug-likeness (QED) is 0.513. The van der Waals surface area contributed by atoms with Crippen molar-refractivity contribution in [1.82, 2.24) is 19.5 Å². The van der Waals surface area contributed by atoms with Crippen molar-refractivity contribution in [2.24, 2.45) is 0 Å². The second-order valence-corrected chi connectivity index (χ2v) is 6.78. The molecule has 1 amide bonds. The lowest BCUT2D eigenvalue weighted by atomic mass is 10.1. The molecule has 2 N–H and O–H groups in total. The van der Waals surface area contributed by atoms with Crippen molar-refractivity contribution in [3.05, 3.63) is 94.3 Å². The van der Waals surface area contributed by atoms with Crippen molar-refractivity contribution in [2.45, 2.75) is 19.7 Å². The Kier molecular flexibility index (Phi) is 5.40. The predicted molar refractivity (Wildman–Crippen MR) is 109 cm³/mol. The summed E-state index contributed by atoms with van der Waals surface area (Å²) in [6.07, 6.45) is 3.02. The average Bonchev–Trinajstić information content (AvgIpc) is 3.15. The molecule has 7 nitrogen and oxygen atoms in total. The molecule has 2 heterocycles. The topological polar surface area (TPSA) is 88.6 Å². The summed E-state index contributed by atoms with van der Waals surface area (Å²) in [5, 5.41) is 17.0. The number of aliphatic hydroxyl groups excluding tert-OH is 1. The zero-order chi connectivity index (χ0) is 21.1. The van der Waals surface area contributed by atoms with E-state index in [4.69, 9.17) is 0 Å². The minimum atomic E-state index is -0.447. The molecule has 0 radical (unpaired) electrons. The molecule has 2 aromatic heterocycles. The Bertz CT molecular complexity index is 1250. The molecule has 4 rings (SSSR count). The third-order valence-corrected chi connectivity index (χ3v) is 4.78. The van der Waals surface area contributed by atoms with E-state index in [2.05, 4.69) is 10.4 Å². The fourth-order valence-electron chi connectivity index (χ4n) is 3.27. The number of fused-ring (bicyclic) bond motifs is 1. The molecular weight excluding hydrogens is 387 g/mol. The Hall–Kier alpha value is -3.78. The molecule has 0 fully saturated rings. The molecule has 30 heavy (non-hydrogen) atoms. The highest BCUT2D eigenvalue weighted by Gasteiger charge is 2.18. The SMILES string of the molecule is O=C(Cn1ccn2nc(-c3ccc(F)cc3)c(CO)c2c1=O)NCc1ccccc1. The number of aliphatic hydroxyl groups is 1. The van der Waals surface area contributed by atoms with Crippen LogP contribution >= 0.6 is 0 Å². The van der Waals surface area contributed by atoms with Gasteiger partial charge in [-0.2, -0.15) is 5.10 Å². The van der Waals surface area contributed by atoms with Crippen LogP contribution < -0.4 is 10.9 Å². The number of amides is 1. The van der Waals surface area contributed by atoms with E-state index < -0.39 is 18.0 Å². The number of carbonyl (C=O) groups excluding carboxylic acids is 1. The minimum Gasteiger partial charge on any atom is -0.392 e. The lowest BCUT2D eigenvalue weighted by molar-refractivity contribution is -0.121. The van der Waals surface area contributed by atoms with E-state index in [-0.39, 0.29) is 18.0 Å². The standard InChI is InChI=1S/C22H19FN4O3/c23-17-8-6-16(7-9-17)20-18(14-28)21-22(30)26(10-11-27(21)25-20)13-19(29)24-12-15-4-2-1-3-5-15/h1-11,28H,12-14H2,(H,24,29). The van der Waals surface area contributed by atoms with Crippen molar-refractivity contribution in [2.75, 3.05) is 0 Å². The van der Waals surface area contributed by atoms with Gasteiger partial charge in [0.2, 0.25) is 5.91 Å². The molecule has 0 unspecified atom stereocenters. The number of hydrogen-bond donors (Lipinski definition) is 2. The summed E-state index contributed by atoms with van der Waals surface area (Å²) in [6.45, 7) is -0.223. The van der Waals surface area contributed by atoms with E-state index in [1.807, 2.05) is 30.3 Å². The number of rotatable bonds is 6. The Morgan fingerprint density at radius 1 is 1.07 bits per heavy atom. The molecule has 0 spiro atoms. The van der Waals surface area contributed by atoms with Crippen LogP contribution in [0.2, 0.25) is 0 Å². The lowest BCUT2D eigenvalue weighted by Crippen LogP contribution is -2.32. The number of nitrogens with one attached hydrogen (secondary N) is 1. The van der Waals surface area contributed by atoms with Crippen LogP contribution in [0.25, 0.3) is 16.8 Å². The van der Waals surface area contributed by atoms with Gasteiger partial charge in [0.15, 0.2) is 0 Å². The van der Waals surface area contributed by atoms with Crippen molar-refractivity contribution < 1.29 is 14.3 Å². The number of nitrogens with zero attached hydrogens (tertiary/aromatic N) is 3. The number of aromatic nitrogens is 3. The summed E-state index contributed by atoms with van der Waals surface area (Å²) in [5.74, 6) is -0.703. The summed E-state index contributed by atoms with van der Waals surface area (Å²) >= 11 is 0. The van der Waals surface area contributed by atoms with E-state index in [0.717, 1.165) is 5.56 Å². The summed E-state index contributed by atoms with van der Waals surface area (Å²) in [6, 6.07) is 15.1. The van der Waals surface area contributed by atoms with Gasteiger partial charge in [-0.25, -0.2) is 8.91 Å². The van der Waals surface area contributed by atoms with Crippen molar-refractivity contribution in [1.29, 1.82) is 0 Å². The van der Waals surface area contributed by atoms with Gasteiger partial charge < -0.3 is 15.0 Å². The van der Waals surface area contributed by atoms with Crippen LogP contribution in [0.3, 0.4) is 0 Å². The van der Waals surface area contributed by atoms with E-state index in [1.165, 1.54) is 39.5 Å². The van der Waals surface area contributed by atoms with E-state index in [1.54, 1.807) is 6.20 Å². The third kappa shape index (κ3) is 3.85. The van der Waals surface area contributed by atoms with Crippen molar-refractivity contribution >= 4 is 11.4 Å². The first kappa shape index (κ1) is 19.5. The summed E-state index contributed by atoms with van der Waals surface area (Å²) in [4.78, 5) is 25.3. The Morgan fingerprint density at radius 2 is 1.80 bits per heavy atom. The van der Waals surface area contributed by atoms with Crippen LogP contribution in [0, 0.1) is 5.82 Å². The maximum atomic E-state index is 13.2. The van der Waals surface area contributed by atoms with Gasteiger partial charge in [0.25, 0.3) is 5.56 Å². The number of carbonyl (C=O) groups is 1. The normalized spacial score (nSPS) is 11.0. The molecule has 8 heteroatoms. The van der Waals surface area contributed by atoms with Gasteiger partial charge in [-0.1, -0.05) is 30.3 Å². The number of halogens is 1. The molecule has 0 atom stereocenters. The fourth-order valence-corrected chi connectivity index (χ4v) is 3.27. The van der Waals surface area contributed by atoms with Gasteiger partial charge in [0.05, 0.1) is 12.3 Å². The van der Waals surface area contributed by atoms with Crippen LogP contribution in [0.15, 0.2) is 71.8 Å². The minimum absolute atomic E-state index is 0.163. The molecule has 0 aliphatic carbocycles. The monoisotopic (exact) mass is 406 g/mol. The van der Waals surface area contributed by atoms with Crippen LogP contribution in [0.5, 0.6) is 0 Å². The van der Waals surface area contributed by atoms with Crippen LogP contribution in [0.1, 0.15) is 11.1 Å². The molecule has 0 aliphatic heterocycles. The Labute approximate surface area is 171 Å². The van der Waals surface area contributed by atoms with Gasteiger partial charge in [0, 0.05) is 30.1 Å². The summed E-state index contributed by atoms with van der Waals surface area (Å²) in [5.41, 5.74) is 1.98. The number of benzene rings is 2. The Morgan fingerprint density at radius 3 is 2.50 bits per heavy atom. The first-order valence-electron chi connectivity index (χ1n) is 9.35. The highest BCUT2D eigenvalue weighted by molar-refractivity contribution is 5.76. The molecule has 0 saturated carbocycles.